The number of anilines is 1. The molecule has 1 heterocycles. The maximum absolute atomic E-state index is 11.6. The summed E-state index contributed by atoms with van der Waals surface area (Å²) >= 11 is 0. The third-order valence-corrected chi connectivity index (χ3v) is 2.79. The number of carbonyl (C=O) groups excluding carboxylic acids is 1. The van der Waals surface area contributed by atoms with E-state index in [1.165, 1.54) is 5.56 Å². The third kappa shape index (κ3) is 1.13. The number of benzene rings is 1. The molecule has 74 valence electrons. The van der Waals surface area contributed by atoms with E-state index in [-0.39, 0.29) is 5.91 Å². The maximum Gasteiger partial charge on any atom is 0.248 e. The van der Waals surface area contributed by atoms with E-state index in [4.69, 9.17) is 5.73 Å². The van der Waals surface area contributed by atoms with E-state index in [9.17, 15) is 4.79 Å². The number of rotatable bonds is 1. The molecule has 1 atom stereocenters. The van der Waals surface area contributed by atoms with Gasteiger partial charge in [0.05, 0.1) is 0 Å². The van der Waals surface area contributed by atoms with Crippen LogP contribution in [-0.4, -0.2) is 13.0 Å². The van der Waals surface area contributed by atoms with Crippen molar-refractivity contribution in [1.82, 2.24) is 0 Å². The smallest absolute Gasteiger partial charge is 0.248 e. The maximum atomic E-state index is 11.6. The largest absolute Gasteiger partial charge is 0.316 e. The van der Waals surface area contributed by atoms with Crippen LogP contribution in [0.25, 0.3) is 0 Å². The fourth-order valence-corrected chi connectivity index (χ4v) is 1.84. The Hall–Kier alpha value is -1.35. The zero-order chi connectivity index (χ0) is 10.3. The Morgan fingerprint density at radius 3 is 2.86 bits per heavy atom. The highest BCUT2D eigenvalue weighted by Gasteiger charge is 2.31. The second-order valence-corrected chi connectivity index (χ2v) is 3.62. The number of amides is 1. The minimum absolute atomic E-state index is 0.0201. The van der Waals surface area contributed by atoms with Crippen LogP contribution in [0, 0.1) is 0 Å². The van der Waals surface area contributed by atoms with Crippen molar-refractivity contribution in [3.63, 3.8) is 0 Å². The van der Waals surface area contributed by atoms with Gasteiger partial charge in [0.15, 0.2) is 0 Å². The van der Waals surface area contributed by atoms with Gasteiger partial charge in [-0.15, -0.1) is 0 Å². The molecule has 14 heavy (non-hydrogen) atoms. The summed E-state index contributed by atoms with van der Waals surface area (Å²) in [6.45, 7) is 2.09. The first kappa shape index (κ1) is 9.21. The number of aryl methyl sites for hydroxylation is 1. The first-order valence-corrected chi connectivity index (χ1v) is 4.81. The molecule has 0 fully saturated rings. The number of hydrogen-bond acceptors (Lipinski definition) is 2. The van der Waals surface area contributed by atoms with Crippen LogP contribution in [0.4, 0.5) is 5.69 Å². The summed E-state index contributed by atoms with van der Waals surface area (Å²) in [4.78, 5) is 13.2. The predicted molar refractivity (Wildman–Crippen MR) is 56.2 cm³/mol. The van der Waals surface area contributed by atoms with Crippen molar-refractivity contribution in [1.29, 1.82) is 0 Å². The summed E-state index contributed by atoms with van der Waals surface area (Å²) < 4.78 is 0. The molecule has 0 radical (unpaired) electrons. The highest BCUT2D eigenvalue weighted by atomic mass is 16.2. The van der Waals surface area contributed by atoms with E-state index in [0.717, 1.165) is 17.7 Å². The van der Waals surface area contributed by atoms with Gasteiger partial charge >= 0.3 is 0 Å². The molecule has 3 nitrogen and oxygen atoms in total. The van der Waals surface area contributed by atoms with Gasteiger partial charge in [0.1, 0.15) is 6.04 Å². The number of fused-ring (bicyclic) bond motifs is 1. The first-order chi connectivity index (χ1) is 6.65. The first-order valence-electron chi connectivity index (χ1n) is 4.81. The monoisotopic (exact) mass is 190 g/mol. The summed E-state index contributed by atoms with van der Waals surface area (Å²) in [5.74, 6) is -0.0201. The molecule has 0 bridgehead atoms. The van der Waals surface area contributed by atoms with E-state index >= 15 is 0 Å². The summed E-state index contributed by atoms with van der Waals surface area (Å²) in [5.41, 5.74) is 8.94. The minimum Gasteiger partial charge on any atom is -0.316 e. The second-order valence-electron chi connectivity index (χ2n) is 3.62. The van der Waals surface area contributed by atoms with Crippen LogP contribution in [0.15, 0.2) is 18.2 Å². The molecule has 0 spiro atoms. The highest BCUT2D eigenvalue weighted by molar-refractivity contribution is 6.04. The van der Waals surface area contributed by atoms with Crippen molar-refractivity contribution in [2.24, 2.45) is 5.73 Å². The van der Waals surface area contributed by atoms with Crippen LogP contribution in [0.5, 0.6) is 0 Å². The van der Waals surface area contributed by atoms with Gasteiger partial charge in [0.25, 0.3) is 0 Å². The molecule has 1 aliphatic heterocycles. The summed E-state index contributed by atoms with van der Waals surface area (Å²) in [7, 11) is 1.76. The number of likely N-dealkylation sites (N-methyl/N-ethyl adjacent to an activating group) is 1. The SMILES string of the molecule is CCc1ccc2c(c1)C(N)C(=O)N2C. The Kier molecular flexibility index (Phi) is 2.04. The molecule has 1 aliphatic rings. The van der Waals surface area contributed by atoms with Gasteiger partial charge < -0.3 is 10.6 Å². The summed E-state index contributed by atoms with van der Waals surface area (Å²) in [6.07, 6.45) is 0.970. The number of nitrogens with two attached hydrogens (primary N) is 1. The van der Waals surface area contributed by atoms with Crippen molar-refractivity contribution in [2.75, 3.05) is 11.9 Å². The van der Waals surface area contributed by atoms with E-state index in [1.54, 1.807) is 11.9 Å². The zero-order valence-corrected chi connectivity index (χ0v) is 8.45. The molecule has 1 aromatic carbocycles. The Morgan fingerprint density at radius 1 is 1.50 bits per heavy atom. The summed E-state index contributed by atoms with van der Waals surface area (Å²) in [6, 6.07) is 5.57. The van der Waals surface area contributed by atoms with Gasteiger partial charge in [0, 0.05) is 18.3 Å². The van der Waals surface area contributed by atoms with Crippen LogP contribution in [-0.2, 0) is 11.2 Å². The summed E-state index contributed by atoms with van der Waals surface area (Å²) in [5, 5.41) is 0. The average molecular weight is 190 g/mol. The Bertz CT molecular complexity index is 387. The fraction of sp³-hybridized carbons (Fsp3) is 0.364. The lowest BCUT2D eigenvalue weighted by molar-refractivity contribution is -0.118. The molecule has 0 saturated carbocycles. The highest BCUT2D eigenvalue weighted by Crippen LogP contribution is 2.33. The molecule has 3 heteroatoms. The number of nitrogens with zero attached hydrogens (tertiary/aromatic N) is 1. The number of carbonyl (C=O) groups is 1. The molecular weight excluding hydrogens is 176 g/mol. The van der Waals surface area contributed by atoms with Crippen molar-refractivity contribution in [2.45, 2.75) is 19.4 Å². The Morgan fingerprint density at radius 2 is 2.21 bits per heavy atom. The van der Waals surface area contributed by atoms with E-state index in [2.05, 4.69) is 6.92 Å². The fourth-order valence-electron chi connectivity index (χ4n) is 1.84. The van der Waals surface area contributed by atoms with Gasteiger partial charge in [-0.3, -0.25) is 4.79 Å². The molecule has 1 unspecified atom stereocenters. The second kappa shape index (κ2) is 3.10. The quantitative estimate of drug-likeness (QED) is 0.723. The average Bonchev–Trinajstić information content (AvgIpc) is 2.44. The van der Waals surface area contributed by atoms with Gasteiger partial charge in [-0.25, -0.2) is 0 Å². The van der Waals surface area contributed by atoms with Gasteiger partial charge in [-0.05, 0) is 18.1 Å². The van der Waals surface area contributed by atoms with E-state index < -0.39 is 6.04 Å². The van der Waals surface area contributed by atoms with Crippen LogP contribution in [0.3, 0.4) is 0 Å². The Balaban J connectivity index is 2.53. The third-order valence-electron chi connectivity index (χ3n) is 2.79. The lowest BCUT2D eigenvalue weighted by Crippen LogP contribution is -2.27. The molecule has 1 aromatic rings. The van der Waals surface area contributed by atoms with Crippen LogP contribution in [0.2, 0.25) is 0 Å². The minimum atomic E-state index is -0.471. The molecule has 1 amide bonds. The molecular formula is C11H14N2O. The van der Waals surface area contributed by atoms with E-state index in [0.29, 0.717) is 0 Å². The standard InChI is InChI=1S/C11H14N2O/c1-3-7-4-5-9-8(6-7)10(12)11(14)13(9)2/h4-6,10H,3,12H2,1-2H3. The predicted octanol–water partition coefficient (Wildman–Crippen LogP) is 1.23. The van der Waals surface area contributed by atoms with Crippen LogP contribution >= 0.6 is 0 Å². The van der Waals surface area contributed by atoms with Crippen molar-refractivity contribution < 1.29 is 4.79 Å². The van der Waals surface area contributed by atoms with Crippen molar-refractivity contribution >= 4 is 11.6 Å². The molecule has 0 aromatic heterocycles. The van der Waals surface area contributed by atoms with Crippen LogP contribution < -0.4 is 10.6 Å². The Labute approximate surface area is 83.5 Å². The van der Waals surface area contributed by atoms with Crippen molar-refractivity contribution in [3.05, 3.63) is 29.3 Å². The van der Waals surface area contributed by atoms with Gasteiger partial charge in [0.2, 0.25) is 5.91 Å². The van der Waals surface area contributed by atoms with E-state index in [1.807, 2.05) is 18.2 Å². The molecule has 0 saturated heterocycles. The molecule has 2 N–H and O–H groups in total. The zero-order valence-electron chi connectivity index (χ0n) is 8.45. The lowest BCUT2D eigenvalue weighted by Gasteiger charge is -2.09. The van der Waals surface area contributed by atoms with Crippen molar-refractivity contribution in [3.8, 4) is 0 Å². The molecule has 0 aliphatic carbocycles. The normalized spacial score (nSPS) is 20.1. The van der Waals surface area contributed by atoms with Gasteiger partial charge in [-0.2, -0.15) is 0 Å². The topological polar surface area (TPSA) is 46.3 Å². The lowest BCUT2D eigenvalue weighted by atomic mass is 10.0. The van der Waals surface area contributed by atoms with Gasteiger partial charge in [-0.1, -0.05) is 19.1 Å². The molecule has 2 rings (SSSR count). The van der Waals surface area contributed by atoms with Crippen LogP contribution in [0.1, 0.15) is 24.1 Å². The number of hydrogen-bond donors (Lipinski definition) is 1.